The molecule has 5 nitrogen and oxygen atoms in total. The molecular weight excluding hydrogens is 312 g/mol. The Hall–Kier alpha value is -1.43. The molecule has 1 rings (SSSR count). The fraction of sp³-hybridized carbons (Fsp3) is 0.462. The van der Waals surface area contributed by atoms with Crippen LogP contribution in [0.3, 0.4) is 0 Å². The van der Waals surface area contributed by atoms with Gasteiger partial charge in [-0.15, -0.1) is 0 Å². The fourth-order valence-corrected chi connectivity index (χ4v) is 1.67. The number of aryl methyl sites for hydroxylation is 1. The molecule has 0 atom stereocenters. The fourth-order valence-electron chi connectivity index (χ4n) is 1.47. The molecule has 0 saturated heterocycles. The average molecular weight is 329 g/mol. The largest absolute Gasteiger partial charge is 0.351 e. The lowest BCUT2D eigenvalue weighted by Gasteiger charge is -2.21. The van der Waals surface area contributed by atoms with Crippen molar-refractivity contribution in [3.8, 4) is 0 Å². The number of hydrogen-bond donors (Lipinski definition) is 1. The van der Waals surface area contributed by atoms with Crippen LogP contribution < -0.4 is 5.32 Å². The first-order valence-corrected chi connectivity index (χ1v) is 6.97. The molecule has 1 aromatic rings. The molecule has 19 heavy (non-hydrogen) atoms. The number of nitro benzene ring substituents is 1. The third-order valence-electron chi connectivity index (χ3n) is 2.62. The van der Waals surface area contributed by atoms with Crippen LogP contribution in [0.25, 0.3) is 0 Å². The van der Waals surface area contributed by atoms with Crippen molar-refractivity contribution in [3.05, 3.63) is 39.4 Å². The quantitative estimate of drug-likeness (QED) is 0.513. The van der Waals surface area contributed by atoms with E-state index in [0.29, 0.717) is 17.7 Å². The van der Waals surface area contributed by atoms with Crippen LogP contribution in [0, 0.1) is 22.5 Å². The lowest BCUT2D eigenvalue weighted by Crippen LogP contribution is -2.34. The van der Waals surface area contributed by atoms with Crippen molar-refractivity contribution < 1.29 is 9.72 Å². The number of halogens is 1. The van der Waals surface area contributed by atoms with Gasteiger partial charge >= 0.3 is 0 Å². The highest BCUT2D eigenvalue weighted by atomic mass is 79.9. The molecule has 0 aliphatic heterocycles. The summed E-state index contributed by atoms with van der Waals surface area (Å²) in [6, 6.07) is 4.38. The minimum atomic E-state index is -0.494. The van der Waals surface area contributed by atoms with Crippen LogP contribution >= 0.6 is 15.9 Å². The highest BCUT2D eigenvalue weighted by Gasteiger charge is 2.19. The maximum absolute atomic E-state index is 12.0. The number of nitro groups is 1. The second-order valence-electron chi connectivity index (χ2n) is 5.29. The zero-order valence-corrected chi connectivity index (χ0v) is 12.8. The van der Waals surface area contributed by atoms with Crippen molar-refractivity contribution in [1.29, 1.82) is 0 Å². The van der Waals surface area contributed by atoms with Gasteiger partial charge in [0.25, 0.3) is 11.6 Å². The van der Waals surface area contributed by atoms with Crippen LogP contribution in [0.4, 0.5) is 5.69 Å². The number of alkyl halides is 1. The highest BCUT2D eigenvalue weighted by molar-refractivity contribution is 9.09. The van der Waals surface area contributed by atoms with Gasteiger partial charge in [-0.3, -0.25) is 14.9 Å². The predicted molar refractivity (Wildman–Crippen MR) is 77.7 cm³/mol. The van der Waals surface area contributed by atoms with Gasteiger partial charge in [0.15, 0.2) is 0 Å². The van der Waals surface area contributed by atoms with Gasteiger partial charge in [-0.25, -0.2) is 0 Å². The Bertz CT molecular complexity index is 501. The average Bonchev–Trinajstić information content (AvgIpc) is 2.35. The zero-order valence-electron chi connectivity index (χ0n) is 11.2. The Balaban J connectivity index is 2.85. The molecule has 0 aliphatic rings. The van der Waals surface area contributed by atoms with Gasteiger partial charge in [0.05, 0.1) is 4.92 Å². The first-order valence-electron chi connectivity index (χ1n) is 5.85. The topological polar surface area (TPSA) is 72.2 Å². The standard InChI is InChI=1S/C13H17BrN2O3/c1-9-4-10(6-11(5-9)16(18)19)12(17)15-8-13(2,3)7-14/h4-6H,7-8H2,1-3H3,(H,15,17). The highest BCUT2D eigenvalue weighted by Crippen LogP contribution is 2.19. The van der Waals surface area contributed by atoms with Gasteiger partial charge < -0.3 is 5.32 Å². The molecule has 0 aliphatic carbocycles. The Morgan fingerprint density at radius 3 is 2.58 bits per heavy atom. The van der Waals surface area contributed by atoms with Gasteiger partial charge in [0.2, 0.25) is 0 Å². The number of nitrogens with one attached hydrogen (secondary N) is 1. The minimum Gasteiger partial charge on any atom is -0.351 e. The lowest BCUT2D eigenvalue weighted by molar-refractivity contribution is -0.384. The molecule has 0 fully saturated rings. The Morgan fingerprint density at radius 2 is 2.05 bits per heavy atom. The van der Waals surface area contributed by atoms with Crippen LogP contribution in [0.5, 0.6) is 0 Å². The number of non-ortho nitro benzene ring substituents is 1. The predicted octanol–water partition coefficient (Wildman–Crippen LogP) is 3.05. The maximum Gasteiger partial charge on any atom is 0.270 e. The molecule has 0 spiro atoms. The molecule has 0 saturated carbocycles. The van der Waals surface area contributed by atoms with Gasteiger partial charge in [0, 0.05) is 29.6 Å². The lowest BCUT2D eigenvalue weighted by atomic mass is 9.96. The molecule has 104 valence electrons. The Labute approximate surface area is 120 Å². The van der Waals surface area contributed by atoms with Crippen molar-refractivity contribution in [2.75, 3.05) is 11.9 Å². The maximum atomic E-state index is 12.0. The first kappa shape index (κ1) is 15.6. The van der Waals surface area contributed by atoms with Gasteiger partial charge in [0.1, 0.15) is 0 Å². The number of rotatable bonds is 5. The monoisotopic (exact) mass is 328 g/mol. The summed E-state index contributed by atoms with van der Waals surface area (Å²) in [7, 11) is 0. The summed E-state index contributed by atoms with van der Waals surface area (Å²) in [5.74, 6) is -0.291. The molecule has 0 unspecified atom stereocenters. The number of hydrogen-bond acceptors (Lipinski definition) is 3. The van der Waals surface area contributed by atoms with E-state index in [1.807, 2.05) is 13.8 Å². The number of carbonyl (C=O) groups is 1. The number of nitrogens with zero attached hydrogens (tertiary/aromatic N) is 1. The molecule has 0 bridgehead atoms. The van der Waals surface area contributed by atoms with E-state index in [2.05, 4.69) is 21.2 Å². The van der Waals surface area contributed by atoms with E-state index in [1.165, 1.54) is 12.1 Å². The Kier molecular flexibility index (Phi) is 5.05. The van der Waals surface area contributed by atoms with Gasteiger partial charge in [-0.2, -0.15) is 0 Å². The van der Waals surface area contributed by atoms with Crippen molar-refractivity contribution >= 4 is 27.5 Å². The summed E-state index contributed by atoms with van der Waals surface area (Å²) in [4.78, 5) is 22.3. The van der Waals surface area contributed by atoms with Crippen LogP contribution in [0.15, 0.2) is 18.2 Å². The molecule has 1 aromatic carbocycles. The van der Waals surface area contributed by atoms with Crippen molar-refractivity contribution in [1.82, 2.24) is 5.32 Å². The SMILES string of the molecule is Cc1cc(C(=O)NCC(C)(C)CBr)cc([N+](=O)[O-])c1. The van der Waals surface area contributed by atoms with Gasteiger partial charge in [-0.05, 0) is 24.0 Å². The van der Waals surface area contributed by atoms with Crippen molar-refractivity contribution in [3.63, 3.8) is 0 Å². The van der Waals surface area contributed by atoms with Gasteiger partial charge in [-0.1, -0.05) is 29.8 Å². The van der Waals surface area contributed by atoms with Crippen molar-refractivity contribution in [2.45, 2.75) is 20.8 Å². The van der Waals surface area contributed by atoms with E-state index in [9.17, 15) is 14.9 Å². The second kappa shape index (κ2) is 6.14. The minimum absolute atomic E-state index is 0.0641. The first-order chi connectivity index (χ1) is 8.75. The van der Waals surface area contributed by atoms with Crippen molar-refractivity contribution in [2.24, 2.45) is 5.41 Å². The zero-order chi connectivity index (χ0) is 14.6. The third-order valence-corrected chi connectivity index (χ3v) is 4.14. The summed E-state index contributed by atoms with van der Waals surface area (Å²) >= 11 is 3.38. The molecule has 0 heterocycles. The second-order valence-corrected chi connectivity index (χ2v) is 5.86. The summed E-state index contributed by atoms with van der Waals surface area (Å²) in [6.07, 6.45) is 0. The number of benzene rings is 1. The molecular formula is C13H17BrN2O3. The van der Waals surface area contributed by atoms with E-state index in [1.54, 1.807) is 13.0 Å². The van der Waals surface area contributed by atoms with E-state index >= 15 is 0 Å². The van der Waals surface area contributed by atoms with E-state index in [0.717, 1.165) is 5.33 Å². The number of carbonyl (C=O) groups excluding carboxylic acids is 1. The molecule has 0 radical (unpaired) electrons. The smallest absolute Gasteiger partial charge is 0.270 e. The van der Waals surface area contributed by atoms with Crippen LogP contribution in [0.1, 0.15) is 29.8 Å². The van der Waals surface area contributed by atoms with E-state index in [4.69, 9.17) is 0 Å². The summed E-state index contributed by atoms with van der Waals surface area (Å²) in [5, 5.41) is 14.3. The van der Waals surface area contributed by atoms with E-state index in [-0.39, 0.29) is 17.0 Å². The molecule has 6 heteroatoms. The van der Waals surface area contributed by atoms with Crippen LogP contribution in [0.2, 0.25) is 0 Å². The molecule has 1 amide bonds. The van der Waals surface area contributed by atoms with E-state index < -0.39 is 4.92 Å². The summed E-state index contributed by atoms with van der Waals surface area (Å²) in [5.41, 5.74) is 0.881. The molecule has 1 N–H and O–H groups in total. The summed E-state index contributed by atoms with van der Waals surface area (Å²) in [6.45, 7) is 6.26. The summed E-state index contributed by atoms with van der Waals surface area (Å²) < 4.78 is 0. The number of amides is 1. The van der Waals surface area contributed by atoms with Crippen LogP contribution in [-0.4, -0.2) is 22.7 Å². The normalized spacial score (nSPS) is 11.2. The third kappa shape index (κ3) is 4.63. The molecule has 0 aromatic heterocycles. The van der Waals surface area contributed by atoms with Crippen LogP contribution in [-0.2, 0) is 0 Å². The Morgan fingerprint density at radius 1 is 1.42 bits per heavy atom.